The lowest BCUT2D eigenvalue weighted by Gasteiger charge is -2.08. The molecule has 0 bridgehead atoms. The summed E-state index contributed by atoms with van der Waals surface area (Å²) in [6, 6.07) is 11.2. The van der Waals surface area contributed by atoms with Crippen molar-refractivity contribution < 1.29 is 14.3 Å². The molecule has 0 fully saturated rings. The van der Waals surface area contributed by atoms with E-state index in [9.17, 15) is 4.79 Å². The number of hydrogen-bond acceptors (Lipinski definition) is 4. The Morgan fingerprint density at radius 1 is 1.22 bits per heavy atom. The molecule has 6 heteroatoms. The summed E-state index contributed by atoms with van der Waals surface area (Å²) < 4.78 is 13.1. The van der Waals surface area contributed by atoms with Gasteiger partial charge in [0.25, 0.3) is 5.91 Å². The SMILES string of the molecule is CCOCCCNC(=O)c1cccc(OCc2cn3cc(C)ccc3n2)c1. The molecule has 0 atom stereocenters. The Morgan fingerprint density at radius 3 is 2.96 bits per heavy atom. The molecule has 27 heavy (non-hydrogen) atoms. The quantitative estimate of drug-likeness (QED) is 0.589. The summed E-state index contributed by atoms with van der Waals surface area (Å²) in [5, 5.41) is 2.89. The topological polar surface area (TPSA) is 64.9 Å². The van der Waals surface area contributed by atoms with Gasteiger partial charge in [-0.3, -0.25) is 4.79 Å². The van der Waals surface area contributed by atoms with E-state index in [0.717, 1.165) is 17.8 Å². The van der Waals surface area contributed by atoms with E-state index >= 15 is 0 Å². The third kappa shape index (κ3) is 5.31. The van der Waals surface area contributed by atoms with Gasteiger partial charge >= 0.3 is 0 Å². The molecule has 1 aromatic carbocycles. The number of pyridine rings is 1. The predicted molar refractivity (Wildman–Crippen MR) is 104 cm³/mol. The summed E-state index contributed by atoms with van der Waals surface area (Å²) in [6.45, 7) is 6.28. The Morgan fingerprint density at radius 2 is 2.11 bits per heavy atom. The number of aromatic nitrogens is 2. The second-order valence-electron chi connectivity index (χ2n) is 6.33. The lowest BCUT2D eigenvalue weighted by Crippen LogP contribution is -2.25. The zero-order valence-corrected chi connectivity index (χ0v) is 15.8. The van der Waals surface area contributed by atoms with E-state index in [0.29, 0.717) is 37.7 Å². The van der Waals surface area contributed by atoms with Crippen molar-refractivity contribution in [2.75, 3.05) is 19.8 Å². The molecular formula is C21H25N3O3. The first kappa shape index (κ1) is 18.9. The van der Waals surface area contributed by atoms with Crippen LogP contribution in [0.25, 0.3) is 5.65 Å². The molecule has 3 rings (SSSR count). The lowest BCUT2D eigenvalue weighted by molar-refractivity contribution is 0.0943. The predicted octanol–water partition coefficient (Wildman–Crippen LogP) is 3.38. The highest BCUT2D eigenvalue weighted by Gasteiger charge is 2.07. The van der Waals surface area contributed by atoms with Crippen LogP contribution in [0.2, 0.25) is 0 Å². The van der Waals surface area contributed by atoms with Crippen LogP contribution in [0.5, 0.6) is 5.75 Å². The number of imidazole rings is 1. The molecule has 3 aromatic rings. The van der Waals surface area contributed by atoms with Crippen LogP contribution in [-0.2, 0) is 11.3 Å². The van der Waals surface area contributed by atoms with E-state index in [2.05, 4.69) is 10.3 Å². The van der Waals surface area contributed by atoms with Gasteiger partial charge in [-0.2, -0.15) is 0 Å². The fourth-order valence-corrected chi connectivity index (χ4v) is 2.73. The summed E-state index contributed by atoms with van der Waals surface area (Å²) in [6.07, 6.45) is 4.78. The van der Waals surface area contributed by atoms with E-state index in [1.54, 1.807) is 12.1 Å². The maximum Gasteiger partial charge on any atom is 0.251 e. The number of rotatable bonds is 9. The molecule has 0 aliphatic heterocycles. The minimum atomic E-state index is -0.111. The second-order valence-corrected chi connectivity index (χ2v) is 6.33. The number of ether oxygens (including phenoxy) is 2. The molecule has 0 aliphatic carbocycles. The van der Waals surface area contributed by atoms with Crippen molar-refractivity contribution in [1.29, 1.82) is 0 Å². The van der Waals surface area contributed by atoms with Crippen molar-refractivity contribution in [3.8, 4) is 5.75 Å². The Balaban J connectivity index is 1.55. The highest BCUT2D eigenvalue weighted by molar-refractivity contribution is 5.94. The second kappa shape index (κ2) is 9.19. The van der Waals surface area contributed by atoms with Crippen LogP contribution < -0.4 is 10.1 Å². The van der Waals surface area contributed by atoms with Gasteiger partial charge in [0, 0.05) is 37.7 Å². The average molecular weight is 367 g/mol. The van der Waals surface area contributed by atoms with E-state index in [-0.39, 0.29) is 5.91 Å². The van der Waals surface area contributed by atoms with Crippen LogP contribution in [0.1, 0.15) is 35.0 Å². The van der Waals surface area contributed by atoms with Gasteiger partial charge in [-0.05, 0) is 50.1 Å². The van der Waals surface area contributed by atoms with Crippen molar-refractivity contribution in [1.82, 2.24) is 14.7 Å². The number of nitrogens with zero attached hydrogens (tertiary/aromatic N) is 2. The highest BCUT2D eigenvalue weighted by Crippen LogP contribution is 2.16. The third-order valence-corrected chi connectivity index (χ3v) is 4.09. The number of nitrogens with one attached hydrogen (secondary N) is 1. The van der Waals surface area contributed by atoms with Gasteiger partial charge in [-0.25, -0.2) is 4.98 Å². The van der Waals surface area contributed by atoms with Gasteiger partial charge in [0.15, 0.2) is 0 Å². The minimum absolute atomic E-state index is 0.111. The van der Waals surface area contributed by atoms with Gasteiger partial charge < -0.3 is 19.2 Å². The first-order valence-corrected chi connectivity index (χ1v) is 9.19. The molecule has 6 nitrogen and oxygen atoms in total. The fourth-order valence-electron chi connectivity index (χ4n) is 2.73. The molecule has 0 saturated heterocycles. The van der Waals surface area contributed by atoms with Crippen LogP contribution in [0.15, 0.2) is 48.8 Å². The maximum atomic E-state index is 12.2. The number of carbonyl (C=O) groups excluding carboxylic acids is 1. The number of benzene rings is 1. The molecule has 1 amide bonds. The number of amides is 1. The number of fused-ring (bicyclic) bond motifs is 1. The molecule has 1 N–H and O–H groups in total. The molecule has 0 spiro atoms. The Bertz CT molecular complexity index is 905. The third-order valence-electron chi connectivity index (χ3n) is 4.09. The average Bonchev–Trinajstić information content (AvgIpc) is 3.08. The van der Waals surface area contributed by atoms with Gasteiger partial charge in [0.05, 0.1) is 5.69 Å². The molecule has 0 saturated carbocycles. The van der Waals surface area contributed by atoms with Crippen molar-refractivity contribution in [3.05, 3.63) is 65.6 Å². The van der Waals surface area contributed by atoms with Gasteiger partial charge in [0.2, 0.25) is 0 Å². The van der Waals surface area contributed by atoms with Crippen LogP contribution in [0.3, 0.4) is 0 Å². The van der Waals surface area contributed by atoms with Crippen molar-refractivity contribution in [2.24, 2.45) is 0 Å². The normalized spacial score (nSPS) is 10.9. The zero-order valence-electron chi connectivity index (χ0n) is 15.8. The van der Waals surface area contributed by atoms with E-state index in [1.165, 1.54) is 5.56 Å². The van der Waals surface area contributed by atoms with E-state index in [1.807, 2.05) is 54.9 Å². The van der Waals surface area contributed by atoms with E-state index < -0.39 is 0 Å². The lowest BCUT2D eigenvalue weighted by atomic mass is 10.2. The smallest absolute Gasteiger partial charge is 0.251 e. The molecule has 142 valence electrons. The molecule has 2 heterocycles. The van der Waals surface area contributed by atoms with Crippen molar-refractivity contribution >= 4 is 11.6 Å². The largest absolute Gasteiger partial charge is 0.487 e. The van der Waals surface area contributed by atoms with Crippen molar-refractivity contribution in [2.45, 2.75) is 26.9 Å². The van der Waals surface area contributed by atoms with Gasteiger partial charge in [-0.15, -0.1) is 0 Å². The molecule has 2 aromatic heterocycles. The van der Waals surface area contributed by atoms with Crippen molar-refractivity contribution in [3.63, 3.8) is 0 Å². The van der Waals surface area contributed by atoms with Crippen LogP contribution >= 0.6 is 0 Å². The van der Waals surface area contributed by atoms with Gasteiger partial charge in [0.1, 0.15) is 18.0 Å². The standard InChI is InChI=1S/C21H25N3O3/c1-3-26-11-5-10-22-21(25)17-6-4-7-19(12-17)27-15-18-14-24-13-16(2)8-9-20(24)23-18/h4,6-9,12-14H,3,5,10-11,15H2,1-2H3,(H,22,25). The summed E-state index contributed by atoms with van der Waals surface area (Å²) in [5.74, 6) is 0.533. The van der Waals surface area contributed by atoms with E-state index in [4.69, 9.17) is 9.47 Å². The monoisotopic (exact) mass is 367 g/mol. The van der Waals surface area contributed by atoms with Gasteiger partial charge in [-0.1, -0.05) is 12.1 Å². The summed E-state index contributed by atoms with van der Waals surface area (Å²) in [5.41, 5.74) is 3.48. The Labute approximate surface area is 159 Å². The first-order chi connectivity index (χ1) is 13.2. The first-order valence-electron chi connectivity index (χ1n) is 9.19. The Hall–Kier alpha value is -2.86. The molecular weight excluding hydrogens is 342 g/mol. The minimum Gasteiger partial charge on any atom is -0.487 e. The summed E-state index contributed by atoms with van der Waals surface area (Å²) in [4.78, 5) is 16.8. The summed E-state index contributed by atoms with van der Waals surface area (Å²) >= 11 is 0. The van der Waals surface area contributed by atoms with Crippen LogP contribution in [-0.4, -0.2) is 35.1 Å². The zero-order chi connectivity index (χ0) is 19.1. The highest BCUT2D eigenvalue weighted by atomic mass is 16.5. The number of carbonyl (C=O) groups is 1. The Kier molecular flexibility index (Phi) is 6.44. The molecule has 0 unspecified atom stereocenters. The fraction of sp³-hybridized carbons (Fsp3) is 0.333. The number of aryl methyl sites for hydroxylation is 1. The van der Waals surface area contributed by atoms with Crippen LogP contribution in [0, 0.1) is 6.92 Å². The molecule has 0 radical (unpaired) electrons. The summed E-state index contributed by atoms with van der Waals surface area (Å²) in [7, 11) is 0. The maximum absolute atomic E-state index is 12.2. The number of hydrogen-bond donors (Lipinski definition) is 1. The van der Waals surface area contributed by atoms with Crippen LogP contribution in [0.4, 0.5) is 0 Å². The molecule has 0 aliphatic rings.